The van der Waals surface area contributed by atoms with Gasteiger partial charge in [-0.1, -0.05) is 55.0 Å². The summed E-state index contributed by atoms with van der Waals surface area (Å²) >= 11 is 0. The highest BCUT2D eigenvalue weighted by Crippen LogP contribution is 2.16. The topological polar surface area (TPSA) is 67.5 Å². The number of rotatable bonds is 11. The molecule has 0 bridgehead atoms. The molecule has 0 spiro atoms. The monoisotopic (exact) mass is 483 g/mol. The molecule has 2 amide bonds. The van der Waals surface area contributed by atoms with Crippen LogP contribution in [-0.4, -0.2) is 34.4 Å². The summed E-state index contributed by atoms with van der Waals surface area (Å²) in [5, 5.41) is 2.92. The fraction of sp³-hybridized carbons (Fsp3) is 0.267. The average molecular weight is 484 g/mol. The second kappa shape index (κ2) is 12.1. The Kier molecular flexibility index (Phi) is 8.40. The van der Waals surface area contributed by atoms with Gasteiger partial charge in [-0.3, -0.25) is 9.59 Å². The third-order valence-electron chi connectivity index (χ3n) is 6.11. The molecule has 0 saturated heterocycles. The standard InChI is InChI=1S/C30H33N3O3/c1-3-19-33(30(35)25-13-11-23(2)12-14-25)21-26-10-7-20-32(26)22-27-15-16-28(36-27)29(34)31-18-17-24-8-5-4-6-9-24/h4-16,20H,3,17-19,21-22H2,1-2H3,(H,31,34). The second-order valence-electron chi connectivity index (χ2n) is 8.98. The molecule has 0 saturated carbocycles. The van der Waals surface area contributed by atoms with Crippen molar-refractivity contribution >= 4 is 11.8 Å². The van der Waals surface area contributed by atoms with Crippen molar-refractivity contribution in [3.05, 3.63) is 119 Å². The van der Waals surface area contributed by atoms with E-state index in [-0.39, 0.29) is 11.8 Å². The number of nitrogens with one attached hydrogen (secondary N) is 1. The van der Waals surface area contributed by atoms with Crippen LogP contribution >= 0.6 is 0 Å². The van der Waals surface area contributed by atoms with Crippen molar-refractivity contribution in [2.24, 2.45) is 0 Å². The van der Waals surface area contributed by atoms with Crippen molar-refractivity contribution in [1.29, 1.82) is 0 Å². The maximum absolute atomic E-state index is 13.2. The molecule has 2 heterocycles. The van der Waals surface area contributed by atoms with E-state index in [4.69, 9.17) is 4.42 Å². The van der Waals surface area contributed by atoms with E-state index in [1.165, 1.54) is 5.56 Å². The largest absolute Gasteiger partial charge is 0.454 e. The highest BCUT2D eigenvalue weighted by atomic mass is 16.4. The van der Waals surface area contributed by atoms with E-state index in [9.17, 15) is 9.59 Å². The maximum atomic E-state index is 13.2. The van der Waals surface area contributed by atoms with Crippen molar-refractivity contribution in [3.63, 3.8) is 0 Å². The van der Waals surface area contributed by atoms with Crippen LogP contribution in [0.2, 0.25) is 0 Å². The number of benzene rings is 2. The summed E-state index contributed by atoms with van der Waals surface area (Å²) in [5.74, 6) is 0.793. The van der Waals surface area contributed by atoms with Crippen LogP contribution in [0.15, 0.2) is 89.5 Å². The second-order valence-corrected chi connectivity index (χ2v) is 8.98. The molecule has 1 N–H and O–H groups in total. The summed E-state index contributed by atoms with van der Waals surface area (Å²) in [4.78, 5) is 27.5. The van der Waals surface area contributed by atoms with Crippen LogP contribution in [0.25, 0.3) is 0 Å². The molecular weight excluding hydrogens is 450 g/mol. The van der Waals surface area contributed by atoms with Crippen LogP contribution in [0, 0.1) is 6.92 Å². The molecule has 6 nitrogen and oxygen atoms in total. The Morgan fingerprint density at radius 2 is 1.72 bits per heavy atom. The SMILES string of the molecule is CCCN(Cc1cccn1Cc1ccc(C(=O)NCCc2ccccc2)o1)C(=O)c1ccc(C)cc1. The zero-order valence-corrected chi connectivity index (χ0v) is 20.9. The first-order chi connectivity index (χ1) is 17.5. The molecule has 0 atom stereocenters. The van der Waals surface area contributed by atoms with Gasteiger partial charge in [-0.25, -0.2) is 0 Å². The quantitative estimate of drug-likeness (QED) is 0.308. The van der Waals surface area contributed by atoms with Crippen molar-refractivity contribution in [3.8, 4) is 0 Å². The molecule has 4 aromatic rings. The minimum absolute atomic E-state index is 0.0251. The fourth-order valence-corrected chi connectivity index (χ4v) is 4.15. The van der Waals surface area contributed by atoms with Crippen LogP contribution in [0.3, 0.4) is 0 Å². The first kappa shape index (κ1) is 25.0. The lowest BCUT2D eigenvalue weighted by atomic mass is 10.1. The van der Waals surface area contributed by atoms with E-state index in [1.54, 1.807) is 6.07 Å². The first-order valence-corrected chi connectivity index (χ1v) is 12.4. The Balaban J connectivity index is 1.37. The Morgan fingerprint density at radius 1 is 0.944 bits per heavy atom. The third kappa shape index (κ3) is 6.54. The van der Waals surface area contributed by atoms with Crippen LogP contribution in [-0.2, 0) is 19.5 Å². The van der Waals surface area contributed by atoms with Gasteiger partial charge in [0.1, 0.15) is 5.76 Å². The molecule has 36 heavy (non-hydrogen) atoms. The van der Waals surface area contributed by atoms with Gasteiger partial charge in [0.05, 0.1) is 13.1 Å². The Labute approximate surface area is 212 Å². The van der Waals surface area contributed by atoms with E-state index in [0.29, 0.717) is 43.3 Å². The minimum Gasteiger partial charge on any atom is -0.454 e. The molecular formula is C30H33N3O3. The number of aromatic nitrogens is 1. The number of furan rings is 1. The molecule has 2 aromatic heterocycles. The van der Waals surface area contributed by atoms with Gasteiger partial charge in [0, 0.05) is 30.5 Å². The van der Waals surface area contributed by atoms with Crippen LogP contribution in [0.1, 0.15) is 56.8 Å². The van der Waals surface area contributed by atoms with E-state index < -0.39 is 0 Å². The highest BCUT2D eigenvalue weighted by Gasteiger charge is 2.18. The average Bonchev–Trinajstić information content (AvgIpc) is 3.54. The minimum atomic E-state index is -0.220. The highest BCUT2D eigenvalue weighted by molar-refractivity contribution is 5.94. The summed E-state index contributed by atoms with van der Waals surface area (Å²) in [6.45, 7) is 6.29. The molecule has 0 radical (unpaired) electrons. The number of hydrogen-bond acceptors (Lipinski definition) is 3. The zero-order valence-electron chi connectivity index (χ0n) is 20.9. The van der Waals surface area contributed by atoms with Gasteiger partial charge in [0.2, 0.25) is 0 Å². The summed E-state index contributed by atoms with van der Waals surface area (Å²) < 4.78 is 7.90. The Morgan fingerprint density at radius 3 is 2.47 bits per heavy atom. The van der Waals surface area contributed by atoms with Crippen molar-refractivity contribution < 1.29 is 14.0 Å². The number of amides is 2. The Hall–Kier alpha value is -4.06. The lowest BCUT2D eigenvalue weighted by Crippen LogP contribution is -2.32. The zero-order chi connectivity index (χ0) is 25.3. The van der Waals surface area contributed by atoms with Crippen LogP contribution < -0.4 is 5.32 Å². The van der Waals surface area contributed by atoms with Gasteiger partial charge in [-0.15, -0.1) is 0 Å². The lowest BCUT2D eigenvalue weighted by Gasteiger charge is -2.23. The Bertz CT molecular complexity index is 1270. The predicted octanol–water partition coefficient (Wildman–Crippen LogP) is 5.46. The first-order valence-electron chi connectivity index (χ1n) is 12.4. The maximum Gasteiger partial charge on any atom is 0.287 e. The van der Waals surface area contributed by atoms with E-state index in [0.717, 1.165) is 24.1 Å². The molecule has 0 aliphatic rings. The number of nitrogens with zero attached hydrogens (tertiary/aromatic N) is 2. The number of carbonyl (C=O) groups excluding carboxylic acids is 2. The summed E-state index contributed by atoms with van der Waals surface area (Å²) in [5.41, 5.74) is 4.01. The molecule has 6 heteroatoms. The molecule has 0 aliphatic carbocycles. The number of hydrogen-bond donors (Lipinski definition) is 1. The van der Waals surface area contributed by atoms with Gasteiger partial charge in [0.25, 0.3) is 11.8 Å². The van der Waals surface area contributed by atoms with Gasteiger partial charge >= 0.3 is 0 Å². The van der Waals surface area contributed by atoms with E-state index >= 15 is 0 Å². The summed E-state index contributed by atoms with van der Waals surface area (Å²) in [7, 11) is 0. The van der Waals surface area contributed by atoms with Crippen molar-refractivity contribution in [2.75, 3.05) is 13.1 Å². The van der Waals surface area contributed by atoms with Gasteiger partial charge in [0.15, 0.2) is 5.76 Å². The van der Waals surface area contributed by atoms with Crippen molar-refractivity contribution in [1.82, 2.24) is 14.8 Å². The number of carbonyl (C=O) groups is 2. The lowest BCUT2D eigenvalue weighted by molar-refractivity contribution is 0.0739. The molecule has 0 fully saturated rings. The molecule has 0 aliphatic heterocycles. The summed E-state index contributed by atoms with van der Waals surface area (Å²) in [6, 6.07) is 25.3. The van der Waals surface area contributed by atoms with E-state index in [1.807, 2.05) is 90.8 Å². The van der Waals surface area contributed by atoms with Gasteiger partial charge < -0.3 is 19.2 Å². The normalized spacial score (nSPS) is 10.8. The van der Waals surface area contributed by atoms with Crippen LogP contribution in [0.5, 0.6) is 0 Å². The van der Waals surface area contributed by atoms with Crippen molar-refractivity contribution in [2.45, 2.75) is 39.8 Å². The smallest absolute Gasteiger partial charge is 0.287 e. The van der Waals surface area contributed by atoms with E-state index in [2.05, 4.69) is 16.8 Å². The summed E-state index contributed by atoms with van der Waals surface area (Å²) in [6.07, 6.45) is 3.61. The van der Waals surface area contributed by atoms with Gasteiger partial charge in [-0.2, -0.15) is 0 Å². The third-order valence-corrected chi connectivity index (χ3v) is 6.11. The van der Waals surface area contributed by atoms with Gasteiger partial charge in [-0.05, 0) is 61.7 Å². The molecule has 2 aromatic carbocycles. The number of aryl methyl sites for hydroxylation is 1. The van der Waals surface area contributed by atoms with Crippen LogP contribution in [0.4, 0.5) is 0 Å². The molecule has 4 rings (SSSR count). The molecule has 186 valence electrons. The predicted molar refractivity (Wildman–Crippen MR) is 141 cm³/mol. The molecule has 0 unspecified atom stereocenters. The fourth-order valence-electron chi connectivity index (χ4n) is 4.15.